The van der Waals surface area contributed by atoms with Crippen molar-refractivity contribution in [3.8, 4) is 0 Å². The zero-order valence-electron chi connectivity index (χ0n) is 10.0. The van der Waals surface area contributed by atoms with E-state index in [4.69, 9.17) is 14.2 Å². The van der Waals surface area contributed by atoms with Gasteiger partial charge in [-0.1, -0.05) is 19.4 Å². The third-order valence-electron chi connectivity index (χ3n) is 2.41. The Balaban J connectivity index is 2.41. The van der Waals surface area contributed by atoms with Crippen molar-refractivity contribution in [2.24, 2.45) is 0 Å². The number of ether oxygens (including phenoxy) is 3. The molecule has 92 valence electrons. The van der Waals surface area contributed by atoms with Crippen molar-refractivity contribution in [3.05, 3.63) is 12.2 Å². The fourth-order valence-corrected chi connectivity index (χ4v) is 1.77. The topological polar surface area (TPSA) is 44.8 Å². The Labute approximate surface area is 96.6 Å². The number of rotatable bonds is 6. The van der Waals surface area contributed by atoms with Crippen LogP contribution in [0.15, 0.2) is 12.2 Å². The van der Waals surface area contributed by atoms with Gasteiger partial charge < -0.3 is 14.2 Å². The average molecular weight is 228 g/mol. The molecule has 0 aromatic carbocycles. The van der Waals surface area contributed by atoms with Gasteiger partial charge in [0.2, 0.25) is 0 Å². The quantitative estimate of drug-likeness (QED) is 0.515. The van der Waals surface area contributed by atoms with Gasteiger partial charge in [-0.25, -0.2) is 4.79 Å². The lowest BCUT2D eigenvalue weighted by Crippen LogP contribution is -2.29. The number of carbonyl (C=O) groups excluding carboxylic acids is 1. The highest BCUT2D eigenvalue weighted by atomic mass is 16.7. The van der Waals surface area contributed by atoms with Crippen LogP contribution in [0, 0.1) is 0 Å². The van der Waals surface area contributed by atoms with Crippen LogP contribution in [0.5, 0.6) is 0 Å². The lowest BCUT2D eigenvalue weighted by Gasteiger charge is -2.25. The molecule has 0 saturated carbocycles. The average Bonchev–Trinajstić information content (AvgIpc) is 2.68. The smallest absolute Gasteiger partial charge is 0.330 e. The largest absolute Gasteiger partial charge is 0.463 e. The normalized spacial score (nSPS) is 19.1. The zero-order valence-corrected chi connectivity index (χ0v) is 10.0. The molecule has 4 nitrogen and oxygen atoms in total. The molecule has 1 aliphatic heterocycles. The maximum absolute atomic E-state index is 11.1. The molecular weight excluding hydrogens is 208 g/mol. The summed E-state index contributed by atoms with van der Waals surface area (Å²) in [5.41, 5.74) is 0. The number of hydrogen-bond donors (Lipinski definition) is 0. The highest BCUT2D eigenvalue weighted by Crippen LogP contribution is 2.28. The molecule has 1 heterocycles. The molecule has 0 unspecified atom stereocenters. The number of hydrogen-bond acceptors (Lipinski definition) is 4. The Kier molecular flexibility index (Phi) is 5.49. The van der Waals surface area contributed by atoms with Crippen molar-refractivity contribution >= 4 is 5.97 Å². The van der Waals surface area contributed by atoms with E-state index in [2.05, 4.69) is 6.92 Å². The van der Waals surface area contributed by atoms with E-state index in [1.165, 1.54) is 6.08 Å². The molecule has 0 N–H and O–H groups in total. The highest BCUT2D eigenvalue weighted by Gasteiger charge is 2.34. The van der Waals surface area contributed by atoms with Crippen LogP contribution in [0.1, 0.15) is 33.1 Å². The van der Waals surface area contributed by atoms with Crippen molar-refractivity contribution in [2.45, 2.75) is 38.9 Å². The van der Waals surface area contributed by atoms with Crippen LogP contribution >= 0.6 is 0 Å². The van der Waals surface area contributed by atoms with Gasteiger partial charge in [0.1, 0.15) is 0 Å². The van der Waals surface area contributed by atoms with Gasteiger partial charge in [-0.05, 0) is 6.92 Å². The van der Waals surface area contributed by atoms with E-state index in [1.807, 2.05) is 0 Å². The third-order valence-corrected chi connectivity index (χ3v) is 2.41. The summed E-state index contributed by atoms with van der Waals surface area (Å²) in [5, 5.41) is 0. The minimum atomic E-state index is -0.516. The summed E-state index contributed by atoms with van der Waals surface area (Å²) in [6.07, 6.45) is 5.64. The van der Waals surface area contributed by atoms with Gasteiger partial charge in [-0.2, -0.15) is 0 Å². The van der Waals surface area contributed by atoms with Gasteiger partial charge in [0.15, 0.2) is 5.79 Å². The SMILES string of the molecule is CCCC1(C/C=C/C(=O)OCC)OCCO1. The lowest BCUT2D eigenvalue weighted by molar-refractivity contribution is -0.159. The molecule has 4 heteroatoms. The number of esters is 1. The molecule has 0 aliphatic carbocycles. The first-order valence-electron chi connectivity index (χ1n) is 5.83. The van der Waals surface area contributed by atoms with Crippen molar-refractivity contribution in [1.29, 1.82) is 0 Å². The van der Waals surface area contributed by atoms with E-state index in [9.17, 15) is 4.79 Å². The molecule has 0 aromatic rings. The van der Waals surface area contributed by atoms with Crippen molar-refractivity contribution in [2.75, 3.05) is 19.8 Å². The van der Waals surface area contributed by atoms with Gasteiger partial charge in [0.05, 0.1) is 19.8 Å². The molecule has 0 bridgehead atoms. The summed E-state index contributed by atoms with van der Waals surface area (Å²) in [6.45, 7) is 5.53. The monoisotopic (exact) mass is 228 g/mol. The second-order valence-corrected chi connectivity index (χ2v) is 3.72. The molecule has 0 radical (unpaired) electrons. The Morgan fingerprint density at radius 2 is 2.06 bits per heavy atom. The Morgan fingerprint density at radius 3 is 2.62 bits per heavy atom. The molecule has 0 spiro atoms. The van der Waals surface area contributed by atoms with E-state index in [0.717, 1.165) is 12.8 Å². The van der Waals surface area contributed by atoms with Crippen LogP contribution in [0.2, 0.25) is 0 Å². The van der Waals surface area contributed by atoms with Crippen LogP contribution < -0.4 is 0 Å². The number of carbonyl (C=O) groups is 1. The van der Waals surface area contributed by atoms with Gasteiger partial charge in [0, 0.05) is 18.9 Å². The molecule has 0 atom stereocenters. The minimum Gasteiger partial charge on any atom is -0.463 e. The third kappa shape index (κ3) is 3.94. The van der Waals surface area contributed by atoms with Crippen molar-refractivity contribution in [3.63, 3.8) is 0 Å². The molecule has 1 saturated heterocycles. The van der Waals surface area contributed by atoms with Crippen LogP contribution in [-0.2, 0) is 19.0 Å². The first kappa shape index (κ1) is 13.2. The summed E-state index contributed by atoms with van der Waals surface area (Å²) in [6, 6.07) is 0. The van der Waals surface area contributed by atoms with Gasteiger partial charge in [-0.15, -0.1) is 0 Å². The van der Waals surface area contributed by atoms with Crippen LogP contribution in [-0.4, -0.2) is 31.6 Å². The zero-order chi connectivity index (χ0) is 11.9. The van der Waals surface area contributed by atoms with Gasteiger partial charge in [0.25, 0.3) is 0 Å². The van der Waals surface area contributed by atoms with Gasteiger partial charge >= 0.3 is 5.97 Å². The van der Waals surface area contributed by atoms with E-state index >= 15 is 0 Å². The fraction of sp³-hybridized carbons (Fsp3) is 0.750. The second kappa shape index (κ2) is 6.66. The lowest BCUT2D eigenvalue weighted by atomic mass is 10.1. The summed E-state index contributed by atoms with van der Waals surface area (Å²) in [7, 11) is 0. The van der Waals surface area contributed by atoms with Crippen molar-refractivity contribution < 1.29 is 19.0 Å². The van der Waals surface area contributed by atoms with Crippen LogP contribution in [0.4, 0.5) is 0 Å². The Morgan fingerprint density at radius 1 is 1.38 bits per heavy atom. The van der Waals surface area contributed by atoms with Crippen LogP contribution in [0.25, 0.3) is 0 Å². The molecule has 1 rings (SSSR count). The van der Waals surface area contributed by atoms with E-state index in [1.54, 1.807) is 13.0 Å². The molecular formula is C12H20O4. The maximum atomic E-state index is 11.1. The molecule has 1 fully saturated rings. The second-order valence-electron chi connectivity index (χ2n) is 3.72. The summed E-state index contributed by atoms with van der Waals surface area (Å²) in [5.74, 6) is -0.829. The van der Waals surface area contributed by atoms with Crippen molar-refractivity contribution in [1.82, 2.24) is 0 Å². The highest BCUT2D eigenvalue weighted by molar-refractivity contribution is 5.81. The van der Waals surface area contributed by atoms with E-state index in [0.29, 0.717) is 26.2 Å². The summed E-state index contributed by atoms with van der Waals surface area (Å²) in [4.78, 5) is 11.1. The molecule has 16 heavy (non-hydrogen) atoms. The standard InChI is InChI=1S/C12H20O4/c1-3-7-12(15-9-10-16-12)8-5-6-11(13)14-4-2/h5-6H,3-4,7-10H2,1-2H3/b6-5+. The predicted octanol–water partition coefficient (Wildman–Crippen LogP) is 2.04. The first-order chi connectivity index (χ1) is 7.72. The Hall–Kier alpha value is -0.870. The van der Waals surface area contributed by atoms with E-state index < -0.39 is 5.79 Å². The Bertz CT molecular complexity index is 241. The van der Waals surface area contributed by atoms with E-state index in [-0.39, 0.29) is 5.97 Å². The molecule has 1 aliphatic rings. The molecule has 0 amide bonds. The van der Waals surface area contributed by atoms with Crippen LogP contribution in [0.3, 0.4) is 0 Å². The first-order valence-corrected chi connectivity index (χ1v) is 5.83. The predicted molar refractivity (Wildman–Crippen MR) is 59.9 cm³/mol. The fourth-order valence-electron chi connectivity index (χ4n) is 1.77. The maximum Gasteiger partial charge on any atom is 0.330 e. The minimum absolute atomic E-state index is 0.313. The summed E-state index contributed by atoms with van der Waals surface area (Å²) < 4.78 is 16.0. The molecule has 0 aromatic heterocycles. The summed E-state index contributed by atoms with van der Waals surface area (Å²) >= 11 is 0. The van der Waals surface area contributed by atoms with Gasteiger partial charge in [-0.3, -0.25) is 0 Å².